The highest BCUT2D eigenvalue weighted by Gasteiger charge is 2.10. The molecule has 16 heavy (non-hydrogen) atoms. The van der Waals surface area contributed by atoms with Crippen LogP contribution in [0.1, 0.15) is 6.42 Å². The number of hydrogen-bond donors (Lipinski definition) is 0. The van der Waals surface area contributed by atoms with Crippen molar-refractivity contribution in [3.05, 3.63) is 30.1 Å². The van der Waals surface area contributed by atoms with Crippen molar-refractivity contribution in [2.24, 2.45) is 0 Å². The molecular formula is C11H11FN2O2. The van der Waals surface area contributed by atoms with E-state index in [0.29, 0.717) is 0 Å². The number of carbonyl (C=O) groups is 1. The third-order valence-electron chi connectivity index (χ3n) is 1.87. The standard InChI is InChI=1S/C11H11FN2O2/c1-14(7-3-6-13)11(15)16-10-5-2-4-9(12)8-10/h2,4-5,8H,3,7H2,1H3. The zero-order chi connectivity index (χ0) is 12.0. The smallest absolute Gasteiger partial charge is 0.410 e. The van der Waals surface area contributed by atoms with E-state index in [1.807, 2.05) is 6.07 Å². The number of ether oxygens (including phenoxy) is 1. The summed E-state index contributed by atoms with van der Waals surface area (Å²) < 4.78 is 17.7. The van der Waals surface area contributed by atoms with Crippen LogP contribution in [0.4, 0.5) is 9.18 Å². The summed E-state index contributed by atoms with van der Waals surface area (Å²) >= 11 is 0. The molecule has 4 nitrogen and oxygen atoms in total. The second kappa shape index (κ2) is 5.71. The molecule has 0 saturated carbocycles. The Hall–Kier alpha value is -2.09. The molecule has 0 N–H and O–H groups in total. The fourth-order valence-corrected chi connectivity index (χ4v) is 1.02. The minimum atomic E-state index is -0.610. The molecule has 0 unspecified atom stereocenters. The van der Waals surface area contributed by atoms with Crippen molar-refractivity contribution in [3.63, 3.8) is 0 Å². The van der Waals surface area contributed by atoms with Crippen LogP contribution in [-0.4, -0.2) is 24.6 Å². The average molecular weight is 222 g/mol. The van der Waals surface area contributed by atoms with Gasteiger partial charge >= 0.3 is 6.09 Å². The SMILES string of the molecule is CN(CCC#N)C(=O)Oc1cccc(F)c1. The maximum absolute atomic E-state index is 12.8. The molecular weight excluding hydrogens is 211 g/mol. The lowest BCUT2D eigenvalue weighted by Crippen LogP contribution is -2.30. The molecule has 1 amide bonds. The van der Waals surface area contributed by atoms with E-state index in [1.165, 1.54) is 30.1 Å². The average Bonchev–Trinajstić information content (AvgIpc) is 2.25. The Morgan fingerprint density at radius 3 is 3.00 bits per heavy atom. The molecule has 0 aliphatic carbocycles. The van der Waals surface area contributed by atoms with Crippen LogP contribution < -0.4 is 4.74 Å². The predicted molar refractivity (Wildman–Crippen MR) is 55.3 cm³/mol. The van der Waals surface area contributed by atoms with E-state index in [9.17, 15) is 9.18 Å². The van der Waals surface area contributed by atoms with Crippen molar-refractivity contribution in [3.8, 4) is 11.8 Å². The van der Waals surface area contributed by atoms with Crippen LogP contribution in [0.15, 0.2) is 24.3 Å². The van der Waals surface area contributed by atoms with Crippen LogP contribution in [0.25, 0.3) is 0 Å². The van der Waals surface area contributed by atoms with Crippen LogP contribution in [-0.2, 0) is 0 Å². The highest BCUT2D eigenvalue weighted by atomic mass is 19.1. The summed E-state index contributed by atoms with van der Waals surface area (Å²) in [5, 5.41) is 8.34. The van der Waals surface area contributed by atoms with E-state index in [2.05, 4.69) is 0 Å². The minimum Gasteiger partial charge on any atom is -0.410 e. The molecule has 0 fully saturated rings. The van der Waals surface area contributed by atoms with Gasteiger partial charge in [-0.3, -0.25) is 0 Å². The zero-order valence-corrected chi connectivity index (χ0v) is 8.81. The second-order valence-corrected chi connectivity index (χ2v) is 3.16. The Labute approximate surface area is 92.8 Å². The molecule has 0 aliphatic rings. The number of nitriles is 1. The second-order valence-electron chi connectivity index (χ2n) is 3.16. The van der Waals surface area contributed by atoms with Gasteiger partial charge in [-0.15, -0.1) is 0 Å². The normalized spacial score (nSPS) is 9.31. The number of benzene rings is 1. The molecule has 0 radical (unpaired) electrons. The number of rotatable bonds is 3. The molecule has 0 aromatic heterocycles. The third kappa shape index (κ3) is 3.58. The van der Waals surface area contributed by atoms with Crippen molar-refractivity contribution < 1.29 is 13.9 Å². The quantitative estimate of drug-likeness (QED) is 0.787. The van der Waals surface area contributed by atoms with Crippen molar-refractivity contribution in [2.45, 2.75) is 6.42 Å². The van der Waals surface area contributed by atoms with Gasteiger partial charge in [0.2, 0.25) is 0 Å². The van der Waals surface area contributed by atoms with E-state index in [0.717, 1.165) is 6.07 Å². The molecule has 1 aromatic rings. The van der Waals surface area contributed by atoms with Gasteiger partial charge < -0.3 is 9.64 Å². The number of halogens is 1. The maximum Gasteiger partial charge on any atom is 0.414 e. The first-order chi connectivity index (χ1) is 7.63. The molecule has 5 heteroatoms. The first kappa shape index (κ1) is 12.0. The van der Waals surface area contributed by atoms with Gasteiger partial charge in [-0.2, -0.15) is 5.26 Å². The van der Waals surface area contributed by atoms with Gasteiger partial charge in [-0.1, -0.05) is 6.07 Å². The number of hydrogen-bond acceptors (Lipinski definition) is 3. The summed E-state index contributed by atoms with van der Waals surface area (Å²) in [6, 6.07) is 7.24. The number of carbonyl (C=O) groups excluding carboxylic acids is 1. The highest BCUT2D eigenvalue weighted by molar-refractivity contribution is 5.70. The van der Waals surface area contributed by atoms with Gasteiger partial charge in [0.25, 0.3) is 0 Å². The first-order valence-electron chi connectivity index (χ1n) is 4.69. The summed E-state index contributed by atoms with van der Waals surface area (Å²) in [4.78, 5) is 12.7. The van der Waals surface area contributed by atoms with E-state index < -0.39 is 11.9 Å². The Bertz CT molecular complexity index is 415. The van der Waals surface area contributed by atoms with E-state index in [4.69, 9.17) is 10.00 Å². The van der Waals surface area contributed by atoms with Crippen LogP contribution in [0.5, 0.6) is 5.75 Å². The Morgan fingerprint density at radius 1 is 1.62 bits per heavy atom. The van der Waals surface area contributed by atoms with Gasteiger partial charge in [0, 0.05) is 19.7 Å². The van der Waals surface area contributed by atoms with Gasteiger partial charge in [0.05, 0.1) is 12.5 Å². The van der Waals surface area contributed by atoms with Gasteiger partial charge in [-0.25, -0.2) is 9.18 Å². The van der Waals surface area contributed by atoms with Crippen LogP contribution in [0, 0.1) is 17.1 Å². The molecule has 0 saturated heterocycles. The summed E-state index contributed by atoms with van der Waals surface area (Å²) in [5.41, 5.74) is 0. The van der Waals surface area contributed by atoms with Crippen molar-refractivity contribution in [2.75, 3.05) is 13.6 Å². The Kier molecular flexibility index (Phi) is 4.28. The predicted octanol–water partition coefficient (Wildman–Crippen LogP) is 2.17. The van der Waals surface area contributed by atoms with E-state index in [1.54, 1.807) is 0 Å². The molecule has 0 heterocycles. The topological polar surface area (TPSA) is 53.3 Å². The third-order valence-corrected chi connectivity index (χ3v) is 1.87. The van der Waals surface area contributed by atoms with E-state index in [-0.39, 0.29) is 18.7 Å². The maximum atomic E-state index is 12.8. The number of amides is 1. The summed E-state index contributed by atoms with van der Waals surface area (Å²) in [5.74, 6) is -0.321. The lowest BCUT2D eigenvalue weighted by molar-refractivity contribution is 0.164. The molecule has 1 aromatic carbocycles. The lowest BCUT2D eigenvalue weighted by atomic mass is 10.3. The van der Waals surface area contributed by atoms with Crippen LogP contribution >= 0.6 is 0 Å². The Morgan fingerprint density at radius 2 is 2.38 bits per heavy atom. The van der Waals surface area contributed by atoms with Gasteiger partial charge in [-0.05, 0) is 12.1 Å². The first-order valence-corrected chi connectivity index (χ1v) is 4.69. The van der Waals surface area contributed by atoms with Gasteiger partial charge in [0.1, 0.15) is 11.6 Å². The largest absolute Gasteiger partial charge is 0.414 e. The van der Waals surface area contributed by atoms with Crippen LogP contribution in [0.2, 0.25) is 0 Å². The molecule has 0 bridgehead atoms. The molecule has 0 aliphatic heterocycles. The lowest BCUT2D eigenvalue weighted by Gasteiger charge is -2.14. The monoisotopic (exact) mass is 222 g/mol. The Balaban J connectivity index is 2.54. The molecule has 1 rings (SSSR count). The van der Waals surface area contributed by atoms with Crippen molar-refractivity contribution in [1.29, 1.82) is 5.26 Å². The summed E-state index contributed by atoms with van der Waals surface area (Å²) in [7, 11) is 1.51. The fraction of sp³-hybridized carbons (Fsp3) is 0.273. The molecule has 0 spiro atoms. The van der Waals surface area contributed by atoms with Gasteiger partial charge in [0.15, 0.2) is 0 Å². The fourth-order valence-electron chi connectivity index (χ4n) is 1.02. The van der Waals surface area contributed by atoms with E-state index >= 15 is 0 Å². The summed E-state index contributed by atoms with van der Waals surface area (Å²) in [6.07, 6.45) is -0.379. The highest BCUT2D eigenvalue weighted by Crippen LogP contribution is 2.12. The van der Waals surface area contributed by atoms with Crippen molar-refractivity contribution in [1.82, 2.24) is 4.90 Å². The van der Waals surface area contributed by atoms with Crippen molar-refractivity contribution >= 4 is 6.09 Å². The minimum absolute atomic E-state index is 0.147. The zero-order valence-electron chi connectivity index (χ0n) is 8.81. The van der Waals surface area contributed by atoms with Crippen LogP contribution in [0.3, 0.4) is 0 Å². The summed E-state index contributed by atoms with van der Waals surface area (Å²) in [6.45, 7) is 0.282. The number of nitrogens with zero attached hydrogens (tertiary/aromatic N) is 2. The molecule has 0 atom stereocenters. The molecule has 84 valence electrons.